The van der Waals surface area contributed by atoms with Crippen molar-refractivity contribution < 1.29 is 19.1 Å². The molecule has 2 aliphatic rings. The van der Waals surface area contributed by atoms with Crippen molar-refractivity contribution in [2.45, 2.75) is 72.0 Å². The number of carbonyl (C=O) groups is 2. The average molecular weight is 322 g/mol. The third-order valence-electron chi connectivity index (χ3n) is 5.20. The number of hydrogen-bond acceptors (Lipinski definition) is 4. The predicted molar refractivity (Wildman–Crippen MR) is 89.0 cm³/mol. The van der Waals surface area contributed by atoms with Crippen LogP contribution >= 0.6 is 0 Å². The van der Waals surface area contributed by atoms with E-state index in [0.29, 0.717) is 30.6 Å². The smallest absolute Gasteiger partial charge is 0.332 e. The van der Waals surface area contributed by atoms with E-state index in [-0.39, 0.29) is 30.6 Å². The topological polar surface area (TPSA) is 52.6 Å². The molecular weight excluding hydrogens is 292 g/mol. The molecule has 0 aromatic rings. The van der Waals surface area contributed by atoms with E-state index in [1.165, 1.54) is 12.8 Å². The molecular formula is C19H30O4. The monoisotopic (exact) mass is 322 g/mol. The molecule has 2 rings (SSSR count). The summed E-state index contributed by atoms with van der Waals surface area (Å²) in [5, 5.41) is 0. The molecule has 1 fully saturated rings. The Bertz CT molecular complexity index is 466. The van der Waals surface area contributed by atoms with Crippen LogP contribution in [0.2, 0.25) is 0 Å². The van der Waals surface area contributed by atoms with Gasteiger partial charge in [0.1, 0.15) is 12.7 Å². The van der Waals surface area contributed by atoms with Crippen molar-refractivity contribution >= 4 is 11.8 Å². The molecule has 4 heteroatoms. The van der Waals surface area contributed by atoms with Gasteiger partial charge in [-0.1, -0.05) is 27.2 Å². The molecule has 0 radical (unpaired) electrons. The van der Waals surface area contributed by atoms with Crippen molar-refractivity contribution in [2.24, 2.45) is 17.8 Å². The molecule has 0 N–H and O–H groups in total. The first kappa shape index (κ1) is 18.2. The Hall–Kier alpha value is -1.16. The fourth-order valence-corrected chi connectivity index (χ4v) is 3.75. The molecule has 0 aromatic carbocycles. The van der Waals surface area contributed by atoms with Crippen LogP contribution in [0.3, 0.4) is 0 Å². The number of ketones is 1. The van der Waals surface area contributed by atoms with Crippen LogP contribution in [0.15, 0.2) is 11.6 Å². The van der Waals surface area contributed by atoms with Crippen LogP contribution in [-0.4, -0.2) is 30.6 Å². The quantitative estimate of drug-likeness (QED) is 0.725. The second kappa shape index (κ2) is 8.09. The number of rotatable bonds is 5. The lowest BCUT2D eigenvalue weighted by molar-refractivity contribution is -0.158. The molecule has 130 valence electrons. The van der Waals surface area contributed by atoms with Gasteiger partial charge in [-0.05, 0) is 55.6 Å². The molecule has 0 heterocycles. The van der Waals surface area contributed by atoms with Gasteiger partial charge in [0.2, 0.25) is 0 Å². The van der Waals surface area contributed by atoms with E-state index in [1.54, 1.807) is 6.08 Å². The molecule has 0 spiro atoms. The van der Waals surface area contributed by atoms with E-state index >= 15 is 0 Å². The summed E-state index contributed by atoms with van der Waals surface area (Å²) in [6.07, 6.45) is 5.93. The number of allylic oxidation sites excluding steroid dienone is 1. The Morgan fingerprint density at radius 2 is 2.04 bits per heavy atom. The molecule has 0 unspecified atom stereocenters. The van der Waals surface area contributed by atoms with Crippen LogP contribution in [0.1, 0.15) is 59.8 Å². The van der Waals surface area contributed by atoms with Gasteiger partial charge in [-0.15, -0.1) is 0 Å². The first-order chi connectivity index (χ1) is 10.9. The van der Waals surface area contributed by atoms with E-state index in [2.05, 4.69) is 20.8 Å². The van der Waals surface area contributed by atoms with E-state index in [4.69, 9.17) is 9.47 Å². The summed E-state index contributed by atoms with van der Waals surface area (Å²) in [7, 11) is 0. The van der Waals surface area contributed by atoms with Gasteiger partial charge < -0.3 is 9.47 Å². The lowest BCUT2D eigenvalue weighted by Crippen LogP contribution is -2.36. The molecule has 23 heavy (non-hydrogen) atoms. The third kappa shape index (κ3) is 5.17. The van der Waals surface area contributed by atoms with Gasteiger partial charge in [-0.2, -0.15) is 0 Å². The Balaban J connectivity index is 1.83. The van der Waals surface area contributed by atoms with E-state index in [0.717, 1.165) is 12.0 Å². The van der Waals surface area contributed by atoms with Gasteiger partial charge >= 0.3 is 5.97 Å². The van der Waals surface area contributed by atoms with E-state index in [9.17, 15) is 9.59 Å². The molecule has 0 bridgehead atoms. The lowest BCUT2D eigenvalue weighted by Gasteiger charge is -2.37. The van der Waals surface area contributed by atoms with Crippen LogP contribution in [-0.2, 0) is 19.1 Å². The van der Waals surface area contributed by atoms with Crippen LogP contribution in [0.25, 0.3) is 0 Å². The van der Waals surface area contributed by atoms with E-state index in [1.807, 2.05) is 6.92 Å². The van der Waals surface area contributed by atoms with Crippen molar-refractivity contribution in [1.82, 2.24) is 0 Å². The SMILES string of the molecule is CC1=CC(=O)CC[C@@H]1OC(=O)CO[C@@H]1C[C@H](C)CC[C@H]1C(C)C. The normalized spacial score (nSPS) is 31.9. The van der Waals surface area contributed by atoms with Crippen LogP contribution in [0, 0.1) is 17.8 Å². The maximum Gasteiger partial charge on any atom is 0.332 e. The highest BCUT2D eigenvalue weighted by atomic mass is 16.6. The second-order valence-corrected chi connectivity index (χ2v) is 7.55. The van der Waals surface area contributed by atoms with Gasteiger partial charge in [-0.25, -0.2) is 4.79 Å². The molecule has 2 aliphatic carbocycles. The summed E-state index contributed by atoms with van der Waals surface area (Å²) < 4.78 is 11.4. The standard InChI is InChI=1S/C19H30O4/c1-12(2)16-7-5-13(3)9-18(16)22-11-19(21)23-17-8-6-15(20)10-14(17)4/h10,12-13,16-18H,5-9,11H2,1-4H3/t13-,16+,17+,18-/m1/s1. The van der Waals surface area contributed by atoms with Crippen molar-refractivity contribution in [3.63, 3.8) is 0 Å². The highest BCUT2D eigenvalue weighted by Crippen LogP contribution is 2.35. The molecule has 0 amide bonds. The Morgan fingerprint density at radius 1 is 1.30 bits per heavy atom. The van der Waals surface area contributed by atoms with Gasteiger partial charge in [0.05, 0.1) is 6.10 Å². The van der Waals surface area contributed by atoms with Crippen molar-refractivity contribution in [1.29, 1.82) is 0 Å². The number of hydrogen-bond donors (Lipinski definition) is 0. The molecule has 1 saturated carbocycles. The number of carbonyl (C=O) groups excluding carboxylic acids is 2. The van der Waals surface area contributed by atoms with Gasteiger partial charge in [-0.3, -0.25) is 4.79 Å². The zero-order chi connectivity index (χ0) is 17.0. The molecule has 4 atom stereocenters. The zero-order valence-corrected chi connectivity index (χ0v) is 14.8. The summed E-state index contributed by atoms with van der Waals surface area (Å²) in [4.78, 5) is 23.4. The Labute approximate surface area is 139 Å². The summed E-state index contributed by atoms with van der Waals surface area (Å²) in [6, 6.07) is 0. The molecule has 0 saturated heterocycles. The molecule has 0 aliphatic heterocycles. The fourth-order valence-electron chi connectivity index (χ4n) is 3.75. The van der Waals surface area contributed by atoms with Crippen LogP contribution in [0.5, 0.6) is 0 Å². The minimum absolute atomic E-state index is 0.0122. The lowest BCUT2D eigenvalue weighted by atomic mass is 9.75. The summed E-state index contributed by atoms with van der Waals surface area (Å²) in [5.41, 5.74) is 0.834. The molecule has 4 nitrogen and oxygen atoms in total. The molecule has 0 aromatic heterocycles. The zero-order valence-electron chi connectivity index (χ0n) is 14.8. The summed E-state index contributed by atoms with van der Waals surface area (Å²) in [5.74, 6) is 1.53. The van der Waals surface area contributed by atoms with E-state index < -0.39 is 0 Å². The second-order valence-electron chi connectivity index (χ2n) is 7.55. The first-order valence-electron chi connectivity index (χ1n) is 8.89. The number of ether oxygens (including phenoxy) is 2. The fraction of sp³-hybridized carbons (Fsp3) is 0.789. The summed E-state index contributed by atoms with van der Waals surface area (Å²) >= 11 is 0. The van der Waals surface area contributed by atoms with Crippen LogP contribution in [0.4, 0.5) is 0 Å². The highest BCUT2D eigenvalue weighted by molar-refractivity contribution is 5.91. The van der Waals surface area contributed by atoms with Crippen molar-refractivity contribution in [3.8, 4) is 0 Å². The van der Waals surface area contributed by atoms with Gasteiger partial charge in [0, 0.05) is 6.42 Å². The summed E-state index contributed by atoms with van der Waals surface area (Å²) in [6.45, 7) is 8.55. The number of esters is 1. The van der Waals surface area contributed by atoms with Crippen molar-refractivity contribution in [3.05, 3.63) is 11.6 Å². The predicted octanol–water partition coefficient (Wildman–Crippen LogP) is 3.68. The highest BCUT2D eigenvalue weighted by Gasteiger charge is 2.32. The maximum atomic E-state index is 12.1. The van der Waals surface area contributed by atoms with Crippen LogP contribution < -0.4 is 0 Å². The largest absolute Gasteiger partial charge is 0.456 e. The Morgan fingerprint density at radius 3 is 2.70 bits per heavy atom. The van der Waals surface area contributed by atoms with Gasteiger partial charge in [0.15, 0.2) is 5.78 Å². The minimum Gasteiger partial charge on any atom is -0.456 e. The first-order valence-corrected chi connectivity index (χ1v) is 8.89. The third-order valence-corrected chi connectivity index (χ3v) is 5.20. The Kier molecular flexibility index (Phi) is 6.40. The van der Waals surface area contributed by atoms with Gasteiger partial charge in [0.25, 0.3) is 0 Å². The maximum absolute atomic E-state index is 12.1. The average Bonchev–Trinajstić information content (AvgIpc) is 2.48. The minimum atomic E-state index is -0.321. The van der Waals surface area contributed by atoms with Crippen molar-refractivity contribution in [2.75, 3.05) is 6.61 Å².